The van der Waals surface area contributed by atoms with E-state index in [0.29, 0.717) is 13.0 Å². The molecule has 1 aliphatic heterocycles. The number of alkyl halides is 3. The van der Waals surface area contributed by atoms with Crippen molar-refractivity contribution >= 4 is 11.8 Å². The molecule has 2 amide bonds. The normalized spacial score (nSPS) is 16.8. The first-order chi connectivity index (χ1) is 11.3. The Labute approximate surface area is 139 Å². The van der Waals surface area contributed by atoms with Crippen LogP contribution < -0.4 is 5.32 Å². The fraction of sp³-hybridized carbons (Fsp3) is 0.529. The van der Waals surface area contributed by atoms with Crippen LogP contribution in [0, 0.1) is 0 Å². The second kappa shape index (κ2) is 7.68. The van der Waals surface area contributed by atoms with Crippen molar-refractivity contribution in [3.63, 3.8) is 0 Å². The van der Waals surface area contributed by atoms with Crippen LogP contribution in [0.15, 0.2) is 24.3 Å². The van der Waals surface area contributed by atoms with Gasteiger partial charge in [-0.05, 0) is 37.8 Å². The zero-order chi connectivity index (χ0) is 17.7. The van der Waals surface area contributed by atoms with E-state index in [4.69, 9.17) is 0 Å². The molecule has 1 aliphatic rings. The second-order valence-corrected chi connectivity index (χ2v) is 6.10. The molecule has 1 saturated heterocycles. The van der Waals surface area contributed by atoms with Crippen molar-refractivity contribution in [2.24, 2.45) is 0 Å². The van der Waals surface area contributed by atoms with Crippen LogP contribution in [0.25, 0.3) is 0 Å². The molecule has 0 bridgehead atoms. The summed E-state index contributed by atoms with van der Waals surface area (Å²) in [6.07, 6.45) is -2.19. The third-order valence-corrected chi connectivity index (χ3v) is 4.01. The summed E-state index contributed by atoms with van der Waals surface area (Å²) in [4.78, 5) is 25.2. The number of carbonyl (C=O) groups excluding carboxylic acids is 2. The van der Waals surface area contributed by atoms with Crippen molar-refractivity contribution in [1.29, 1.82) is 0 Å². The van der Waals surface area contributed by atoms with Crippen molar-refractivity contribution in [2.75, 3.05) is 13.1 Å². The minimum atomic E-state index is -4.42. The van der Waals surface area contributed by atoms with E-state index in [1.165, 1.54) is 17.0 Å². The standard InChI is InChI=1S/C17H21F3N2O2/c1-12(10-13-6-2-3-7-14(13)17(18,19)20)21-15(23)11-22-9-5-4-8-16(22)24/h2-3,6-7,12H,4-5,8-11H2,1H3,(H,21,23)/t12-/m1/s1. The Morgan fingerprint density at radius 3 is 2.67 bits per heavy atom. The van der Waals surface area contributed by atoms with Gasteiger partial charge in [-0.2, -0.15) is 13.2 Å². The third-order valence-electron chi connectivity index (χ3n) is 4.01. The molecular weight excluding hydrogens is 321 g/mol. The van der Waals surface area contributed by atoms with Gasteiger partial charge in [0.25, 0.3) is 0 Å². The van der Waals surface area contributed by atoms with Crippen LogP contribution in [-0.2, 0) is 22.2 Å². The highest BCUT2D eigenvalue weighted by Crippen LogP contribution is 2.32. The summed E-state index contributed by atoms with van der Waals surface area (Å²) in [6, 6.07) is 4.89. The van der Waals surface area contributed by atoms with Crippen LogP contribution >= 0.6 is 0 Å². The lowest BCUT2D eigenvalue weighted by molar-refractivity contribution is -0.138. The predicted octanol–water partition coefficient (Wildman–Crippen LogP) is 2.77. The van der Waals surface area contributed by atoms with Crippen molar-refractivity contribution in [1.82, 2.24) is 10.2 Å². The summed E-state index contributed by atoms with van der Waals surface area (Å²) < 4.78 is 38.9. The highest BCUT2D eigenvalue weighted by molar-refractivity contribution is 5.85. The van der Waals surface area contributed by atoms with Crippen LogP contribution in [-0.4, -0.2) is 35.8 Å². The number of nitrogens with one attached hydrogen (secondary N) is 1. The molecule has 2 rings (SSSR count). The number of likely N-dealkylation sites (tertiary alicyclic amines) is 1. The molecule has 1 heterocycles. The Hall–Kier alpha value is -2.05. The first-order valence-corrected chi connectivity index (χ1v) is 7.99. The molecule has 1 aromatic rings. The summed E-state index contributed by atoms with van der Waals surface area (Å²) in [5.41, 5.74) is -0.538. The van der Waals surface area contributed by atoms with Gasteiger partial charge in [0.15, 0.2) is 0 Å². The van der Waals surface area contributed by atoms with Gasteiger partial charge in [0.2, 0.25) is 11.8 Å². The van der Waals surface area contributed by atoms with E-state index < -0.39 is 17.8 Å². The largest absolute Gasteiger partial charge is 0.416 e. The third kappa shape index (κ3) is 4.97. The summed E-state index contributed by atoms with van der Waals surface area (Å²) in [7, 11) is 0. The Balaban J connectivity index is 1.92. The monoisotopic (exact) mass is 342 g/mol. The average Bonchev–Trinajstić information content (AvgIpc) is 2.49. The second-order valence-electron chi connectivity index (χ2n) is 6.10. The lowest BCUT2D eigenvalue weighted by Gasteiger charge is -2.27. The number of halogens is 3. The maximum atomic E-state index is 13.0. The number of rotatable bonds is 5. The zero-order valence-corrected chi connectivity index (χ0v) is 13.5. The SMILES string of the molecule is C[C@H](Cc1ccccc1C(F)(F)F)NC(=O)CN1CCCCC1=O. The molecule has 0 unspecified atom stereocenters. The smallest absolute Gasteiger partial charge is 0.352 e. The lowest BCUT2D eigenvalue weighted by Crippen LogP contribution is -2.45. The predicted molar refractivity (Wildman–Crippen MR) is 83.2 cm³/mol. The molecule has 0 radical (unpaired) electrons. The fourth-order valence-electron chi connectivity index (χ4n) is 2.88. The molecule has 1 atom stereocenters. The van der Waals surface area contributed by atoms with Crippen LogP contribution in [0.1, 0.15) is 37.3 Å². The molecule has 0 aliphatic carbocycles. The van der Waals surface area contributed by atoms with Crippen LogP contribution in [0.5, 0.6) is 0 Å². The quantitative estimate of drug-likeness (QED) is 0.894. The van der Waals surface area contributed by atoms with E-state index in [2.05, 4.69) is 5.32 Å². The van der Waals surface area contributed by atoms with E-state index in [0.717, 1.165) is 18.9 Å². The molecule has 132 valence electrons. The Morgan fingerprint density at radius 1 is 1.29 bits per heavy atom. The molecule has 1 aromatic carbocycles. The topological polar surface area (TPSA) is 49.4 Å². The van der Waals surface area contributed by atoms with Crippen LogP contribution in [0.3, 0.4) is 0 Å². The number of carbonyl (C=O) groups is 2. The number of piperidine rings is 1. The van der Waals surface area contributed by atoms with E-state index in [9.17, 15) is 22.8 Å². The highest BCUT2D eigenvalue weighted by Gasteiger charge is 2.33. The van der Waals surface area contributed by atoms with Gasteiger partial charge in [0.1, 0.15) is 0 Å². The molecule has 24 heavy (non-hydrogen) atoms. The first-order valence-electron chi connectivity index (χ1n) is 7.99. The fourth-order valence-corrected chi connectivity index (χ4v) is 2.88. The maximum absolute atomic E-state index is 13.0. The maximum Gasteiger partial charge on any atom is 0.416 e. The zero-order valence-electron chi connectivity index (χ0n) is 13.5. The van der Waals surface area contributed by atoms with Gasteiger partial charge in [-0.3, -0.25) is 9.59 Å². The molecule has 7 heteroatoms. The van der Waals surface area contributed by atoms with Crippen molar-refractivity contribution in [3.8, 4) is 0 Å². The summed E-state index contributed by atoms with van der Waals surface area (Å²) in [6.45, 7) is 2.17. The van der Waals surface area contributed by atoms with E-state index in [-0.39, 0.29) is 30.3 Å². The van der Waals surface area contributed by atoms with Gasteiger partial charge in [-0.15, -0.1) is 0 Å². The van der Waals surface area contributed by atoms with Crippen molar-refractivity contribution < 1.29 is 22.8 Å². The first kappa shape index (κ1) is 18.3. The Bertz CT molecular complexity index is 602. The Morgan fingerprint density at radius 2 is 2.00 bits per heavy atom. The molecule has 1 fully saturated rings. The number of nitrogens with zero attached hydrogens (tertiary/aromatic N) is 1. The minimum absolute atomic E-state index is 0.0376. The van der Waals surface area contributed by atoms with E-state index in [1.54, 1.807) is 13.0 Å². The van der Waals surface area contributed by atoms with Gasteiger partial charge in [0, 0.05) is 19.0 Å². The molecule has 0 aromatic heterocycles. The van der Waals surface area contributed by atoms with E-state index >= 15 is 0 Å². The van der Waals surface area contributed by atoms with Crippen molar-refractivity contribution in [2.45, 2.75) is 44.8 Å². The highest BCUT2D eigenvalue weighted by atomic mass is 19.4. The Kier molecular flexibility index (Phi) is 5.85. The lowest BCUT2D eigenvalue weighted by atomic mass is 10.0. The van der Waals surface area contributed by atoms with Gasteiger partial charge in [0.05, 0.1) is 12.1 Å². The average molecular weight is 342 g/mol. The molecule has 1 N–H and O–H groups in total. The van der Waals surface area contributed by atoms with Crippen LogP contribution in [0.4, 0.5) is 13.2 Å². The van der Waals surface area contributed by atoms with Gasteiger partial charge < -0.3 is 10.2 Å². The van der Waals surface area contributed by atoms with E-state index in [1.807, 2.05) is 0 Å². The number of benzene rings is 1. The van der Waals surface area contributed by atoms with Gasteiger partial charge >= 0.3 is 6.18 Å². The number of amides is 2. The molecule has 4 nitrogen and oxygen atoms in total. The summed E-state index contributed by atoms with van der Waals surface area (Å²) in [5.74, 6) is -0.395. The van der Waals surface area contributed by atoms with Gasteiger partial charge in [-0.25, -0.2) is 0 Å². The summed E-state index contributed by atoms with van der Waals surface area (Å²) in [5, 5.41) is 2.67. The van der Waals surface area contributed by atoms with Gasteiger partial charge in [-0.1, -0.05) is 18.2 Å². The molecule has 0 spiro atoms. The molecule has 0 saturated carbocycles. The summed E-state index contributed by atoms with van der Waals surface area (Å²) >= 11 is 0. The molecular formula is C17H21F3N2O2. The number of hydrogen-bond donors (Lipinski definition) is 1. The number of hydrogen-bond acceptors (Lipinski definition) is 2. The van der Waals surface area contributed by atoms with Crippen molar-refractivity contribution in [3.05, 3.63) is 35.4 Å². The minimum Gasteiger partial charge on any atom is -0.352 e. The van der Waals surface area contributed by atoms with Crippen LogP contribution in [0.2, 0.25) is 0 Å².